The molecule has 0 aliphatic carbocycles. The molecule has 0 rings (SSSR count). The highest BCUT2D eigenvalue weighted by Gasteiger charge is 2.01. The average Bonchev–Trinajstić information content (AvgIpc) is 2.17. The van der Waals surface area contributed by atoms with Crippen molar-refractivity contribution in [2.75, 3.05) is 32.7 Å². The SMILES string of the molecule is [CH2]CCCN(CCCN)CCCN. The maximum absolute atomic E-state index is 5.47. The lowest BCUT2D eigenvalue weighted by atomic mass is 10.2. The van der Waals surface area contributed by atoms with E-state index in [4.69, 9.17) is 11.5 Å². The van der Waals surface area contributed by atoms with Gasteiger partial charge >= 0.3 is 0 Å². The second-order valence-electron chi connectivity index (χ2n) is 3.33. The maximum Gasteiger partial charge on any atom is -0.000671 e. The summed E-state index contributed by atoms with van der Waals surface area (Å²) in [7, 11) is 0. The van der Waals surface area contributed by atoms with E-state index in [1.807, 2.05) is 0 Å². The molecule has 4 N–H and O–H groups in total. The lowest BCUT2D eigenvalue weighted by Crippen LogP contribution is -2.29. The molecule has 0 atom stereocenters. The molecule has 0 unspecified atom stereocenters. The summed E-state index contributed by atoms with van der Waals surface area (Å²) >= 11 is 0. The minimum atomic E-state index is 0.781. The summed E-state index contributed by atoms with van der Waals surface area (Å²) < 4.78 is 0. The Balaban J connectivity index is 3.47. The number of unbranched alkanes of at least 4 members (excludes halogenated alkanes) is 1. The topological polar surface area (TPSA) is 55.3 Å². The van der Waals surface area contributed by atoms with E-state index in [2.05, 4.69) is 11.8 Å². The summed E-state index contributed by atoms with van der Waals surface area (Å²) in [5.41, 5.74) is 10.9. The molecular weight excluding hydrogens is 162 g/mol. The van der Waals surface area contributed by atoms with E-state index < -0.39 is 0 Å². The fraction of sp³-hybridized carbons (Fsp3) is 0.900. The van der Waals surface area contributed by atoms with Crippen molar-refractivity contribution in [3.8, 4) is 0 Å². The first-order chi connectivity index (χ1) is 6.35. The molecule has 0 amide bonds. The van der Waals surface area contributed by atoms with Crippen LogP contribution in [-0.4, -0.2) is 37.6 Å². The highest BCUT2D eigenvalue weighted by molar-refractivity contribution is 4.59. The third-order valence-corrected chi connectivity index (χ3v) is 2.08. The summed E-state index contributed by atoms with van der Waals surface area (Å²) in [5.74, 6) is 0. The van der Waals surface area contributed by atoms with Gasteiger partial charge in [-0.05, 0) is 52.0 Å². The van der Waals surface area contributed by atoms with Crippen molar-refractivity contribution in [1.82, 2.24) is 4.90 Å². The van der Waals surface area contributed by atoms with E-state index in [1.54, 1.807) is 0 Å². The lowest BCUT2D eigenvalue weighted by Gasteiger charge is -2.21. The smallest absolute Gasteiger partial charge is 0.000671 e. The first-order valence-electron chi connectivity index (χ1n) is 5.27. The number of hydrogen-bond acceptors (Lipinski definition) is 3. The van der Waals surface area contributed by atoms with Crippen molar-refractivity contribution < 1.29 is 0 Å². The predicted octanol–water partition coefficient (Wildman–Crippen LogP) is 0.600. The molecule has 0 aromatic heterocycles. The van der Waals surface area contributed by atoms with Crippen LogP contribution in [0.25, 0.3) is 0 Å². The molecule has 79 valence electrons. The molecular formula is C10H24N3. The van der Waals surface area contributed by atoms with Crippen molar-refractivity contribution in [2.45, 2.75) is 25.7 Å². The summed E-state index contributed by atoms with van der Waals surface area (Å²) in [6, 6.07) is 0. The Kier molecular flexibility index (Phi) is 9.87. The lowest BCUT2D eigenvalue weighted by molar-refractivity contribution is 0.267. The number of nitrogens with zero attached hydrogens (tertiary/aromatic N) is 1. The number of nitrogens with two attached hydrogens (primary N) is 2. The van der Waals surface area contributed by atoms with Crippen LogP contribution < -0.4 is 11.5 Å². The molecule has 0 aliphatic heterocycles. The molecule has 0 aromatic rings. The monoisotopic (exact) mass is 186 g/mol. The van der Waals surface area contributed by atoms with Crippen LogP contribution in [-0.2, 0) is 0 Å². The van der Waals surface area contributed by atoms with E-state index >= 15 is 0 Å². The normalized spacial score (nSPS) is 11.1. The Bertz CT molecular complexity index is 77.2. The van der Waals surface area contributed by atoms with Crippen LogP contribution in [0.3, 0.4) is 0 Å². The summed E-state index contributed by atoms with van der Waals surface area (Å²) in [5, 5.41) is 0. The van der Waals surface area contributed by atoms with Gasteiger partial charge in [-0.1, -0.05) is 13.3 Å². The second-order valence-corrected chi connectivity index (χ2v) is 3.33. The quantitative estimate of drug-likeness (QED) is 0.554. The van der Waals surface area contributed by atoms with E-state index in [9.17, 15) is 0 Å². The van der Waals surface area contributed by atoms with E-state index in [1.165, 1.54) is 6.42 Å². The van der Waals surface area contributed by atoms with Crippen LogP contribution in [0, 0.1) is 6.92 Å². The van der Waals surface area contributed by atoms with Crippen molar-refractivity contribution in [3.63, 3.8) is 0 Å². The van der Waals surface area contributed by atoms with Crippen molar-refractivity contribution in [1.29, 1.82) is 0 Å². The van der Waals surface area contributed by atoms with Gasteiger partial charge in [0.25, 0.3) is 0 Å². The fourth-order valence-electron chi connectivity index (χ4n) is 1.30. The van der Waals surface area contributed by atoms with Gasteiger partial charge in [0.2, 0.25) is 0 Å². The Morgan fingerprint density at radius 3 is 1.69 bits per heavy atom. The molecule has 3 heteroatoms. The zero-order chi connectivity index (χ0) is 9.94. The van der Waals surface area contributed by atoms with Gasteiger partial charge in [-0.2, -0.15) is 0 Å². The Morgan fingerprint density at radius 2 is 1.31 bits per heavy atom. The first-order valence-corrected chi connectivity index (χ1v) is 5.27. The molecule has 0 fully saturated rings. The third kappa shape index (κ3) is 8.22. The van der Waals surface area contributed by atoms with Crippen molar-refractivity contribution in [2.24, 2.45) is 11.5 Å². The van der Waals surface area contributed by atoms with E-state index in [-0.39, 0.29) is 0 Å². The highest BCUT2D eigenvalue weighted by Crippen LogP contribution is 1.97. The molecule has 0 saturated heterocycles. The second kappa shape index (κ2) is 9.96. The van der Waals surface area contributed by atoms with E-state index in [0.29, 0.717) is 0 Å². The largest absolute Gasteiger partial charge is 0.330 e. The maximum atomic E-state index is 5.47. The molecule has 13 heavy (non-hydrogen) atoms. The highest BCUT2D eigenvalue weighted by atomic mass is 15.1. The predicted molar refractivity (Wildman–Crippen MR) is 58.4 cm³/mol. The Morgan fingerprint density at radius 1 is 0.846 bits per heavy atom. The van der Waals surface area contributed by atoms with Gasteiger partial charge in [-0.15, -0.1) is 0 Å². The molecule has 1 radical (unpaired) electrons. The fourth-order valence-corrected chi connectivity index (χ4v) is 1.30. The molecule has 0 spiro atoms. The summed E-state index contributed by atoms with van der Waals surface area (Å²) in [6.45, 7) is 8.76. The van der Waals surface area contributed by atoms with Crippen LogP contribution in [0.1, 0.15) is 25.7 Å². The summed E-state index contributed by atoms with van der Waals surface area (Å²) in [4.78, 5) is 2.44. The Hall–Kier alpha value is -0.120. The van der Waals surface area contributed by atoms with Gasteiger partial charge in [0.05, 0.1) is 0 Å². The Labute approximate surface area is 82.5 Å². The number of rotatable bonds is 9. The van der Waals surface area contributed by atoms with Crippen LogP contribution in [0.2, 0.25) is 0 Å². The van der Waals surface area contributed by atoms with Crippen LogP contribution in [0.4, 0.5) is 0 Å². The van der Waals surface area contributed by atoms with Gasteiger partial charge < -0.3 is 16.4 Å². The first kappa shape index (κ1) is 12.9. The molecule has 0 bridgehead atoms. The molecule has 0 saturated carbocycles. The van der Waals surface area contributed by atoms with Crippen molar-refractivity contribution in [3.05, 3.63) is 6.92 Å². The van der Waals surface area contributed by atoms with E-state index in [0.717, 1.165) is 52.0 Å². The minimum absolute atomic E-state index is 0.781. The minimum Gasteiger partial charge on any atom is -0.330 e. The average molecular weight is 186 g/mol. The molecule has 3 nitrogen and oxygen atoms in total. The molecule has 0 aromatic carbocycles. The zero-order valence-electron chi connectivity index (χ0n) is 8.67. The van der Waals surface area contributed by atoms with Gasteiger partial charge in [0.15, 0.2) is 0 Å². The van der Waals surface area contributed by atoms with Crippen LogP contribution in [0.15, 0.2) is 0 Å². The van der Waals surface area contributed by atoms with Crippen LogP contribution >= 0.6 is 0 Å². The summed E-state index contributed by atoms with van der Waals surface area (Å²) in [6.07, 6.45) is 4.36. The van der Waals surface area contributed by atoms with Crippen LogP contribution in [0.5, 0.6) is 0 Å². The standard InChI is InChI=1S/C10H24N3/c1-2-3-8-13(9-4-6-11)10-5-7-12/h1-12H2. The van der Waals surface area contributed by atoms with Gasteiger partial charge in [0, 0.05) is 0 Å². The third-order valence-electron chi connectivity index (χ3n) is 2.08. The number of hydrogen-bond donors (Lipinski definition) is 2. The van der Waals surface area contributed by atoms with Gasteiger partial charge in [-0.3, -0.25) is 0 Å². The van der Waals surface area contributed by atoms with Gasteiger partial charge in [0.1, 0.15) is 0 Å². The zero-order valence-corrected chi connectivity index (χ0v) is 8.67. The molecule has 0 aliphatic rings. The molecule has 0 heterocycles. The van der Waals surface area contributed by atoms with Crippen molar-refractivity contribution >= 4 is 0 Å². The van der Waals surface area contributed by atoms with Gasteiger partial charge in [-0.25, -0.2) is 0 Å².